The molecule has 3 heteroatoms. The number of rotatable bonds is 4. The van der Waals surface area contributed by atoms with Crippen molar-refractivity contribution in [3.63, 3.8) is 0 Å². The summed E-state index contributed by atoms with van der Waals surface area (Å²) in [4.78, 5) is 0. The number of nitrogens with one attached hydrogen (secondary N) is 1. The Labute approximate surface area is 108 Å². The van der Waals surface area contributed by atoms with Crippen LogP contribution in [-0.4, -0.2) is 19.8 Å². The third kappa shape index (κ3) is 3.98. The molecule has 1 atom stereocenters. The predicted octanol–water partition coefficient (Wildman–Crippen LogP) is 3.42. The van der Waals surface area contributed by atoms with Gasteiger partial charge in [0.05, 0.1) is 0 Å². The van der Waals surface area contributed by atoms with Gasteiger partial charge in [-0.2, -0.15) is 0 Å². The van der Waals surface area contributed by atoms with Crippen molar-refractivity contribution >= 4 is 11.6 Å². The molecule has 2 nitrogen and oxygen atoms in total. The first-order valence-electron chi connectivity index (χ1n) is 6.32. The average Bonchev–Trinajstić information content (AvgIpc) is 2.37. The zero-order valence-electron chi connectivity index (χ0n) is 10.3. The van der Waals surface area contributed by atoms with Crippen molar-refractivity contribution in [3.05, 3.63) is 34.9 Å². The molecule has 17 heavy (non-hydrogen) atoms. The van der Waals surface area contributed by atoms with Crippen LogP contribution in [0.15, 0.2) is 24.3 Å². The van der Waals surface area contributed by atoms with E-state index in [1.165, 1.54) is 18.4 Å². The van der Waals surface area contributed by atoms with Crippen molar-refractivity contribution in [2.75, 3.05) is 19.8 Å². The Morgan fingerprint density at radius 1 is 1.41 bits per heavy atom. The summed E-state index contributed by atoms with van der Waals surface area (Å²) >= 11 is 5.99. The Bertz CT molecular complexity index is 350. The molecule has 0 aromatic heterocycles. The van der Waals surface area contributed by atoms with Crippen LogP contribution in [0.2, 0.25) is 5.02 Å². The third-order valence-corrected chi connectivity index (χ3v) is 3.64. The van der Waals surface area contributed by atoms with Crippen LogP contribution in [0.3, 0.4) is 0 Å². The average molecular weight is 254 g/mol. The molecule has 2 rings (SSSR count). The highest BCUT2D eigenvalue weighted by Gasteiger charge is 2.14. The van der Waals surface area contributed by atoms with Crippen molar-refractivity contribution in [2.45, 2.75) is 25.8 Å². The van der Waals surface area contributed by atoms with Gasteiger partial charge in [-0.3, -0.25) is 0 Å². The number of halogens is 1. The fourth-order valence-electron chi connectivity index (χ4n) is 2.19. The zero-order chi connectivity index (χ0) is 12.1. The molecule has 0 spiro atoms. The van der Waals surface area contributed by atoms with Crippen LogP contribution in [0.25, 0.3) is 0 Å². The van der Waals surface area contributed by atoms with Gasteiger partial charge < -0.3 is 10.1 Å². The molecule has 0 radical (unpaired) electrons. The fraction of sp³-hybridized carbons (Fsp3) is 0.571. The van der Waals surface area contributed by atoms with Gasteiger partial charge in [0.25, 0.3) is 0 Å². The maximum atomic E-state index is 5.99. The lowest BCUT2D eigenvalue weighted by molar-refractivity contribution is 0.0656. The first kappa shape index (κ1) is 12.9. The monoisotopic (exact) mass is 253 g/mol. The van der Waals surface area contributed by atoms with Gasteiger partial charge in [-0.05, 0) is 49.9 Å². The molecule has 1 aromatic rings. The molecule has 0 bridgehead atoms. The Hall–Kier alpha value is -0.570. The molecule has 1 N–H and O–H groups in total. The van der Waals surface area contributed by atoms with Gasteiger partial charge >= 0.3 is 0 Å². The van der Waals surface area contributed by atoms with Crippen molar-refractivity contribution in [1.82, 2.24) is 5.32 Å². The summed E-state index contributed by atoms with van der Waals surface area (Å²) in [5.41, 5.74) is 1.25. The number of benzene rings is 1. The maximum Gasteiger partial charge on any atom is 0.0469 e. The van der Waals surface area contributed by atoms with E-state index in [1.54, 1.807) is 0 Å². The highest BCUT2D eigenvalue weighted by Crippen LogP contribution is 2.19. The lowest BCUT2D eigenvalue weighted by atomic mass is 9.99. The van der Waals surface area contributed by atoms with Crippen LogP contribution in [0, 0.1) is 5.92 Å². The normalized spacial score (nSPS) is 19.2. The van der Waals surface area contributed by atoms with Gasteiger partial charge in [0, 0.05) is 24.3 Å². The minimum atomic E-state index is 0.358. The molecule has 0 aliphatic carbocycles. The van der Waals surface area contributed by atoms with Crippen molar-refractivity contribution < 1.29 is 4.74 Å². The van der Waals surface area contributed by atoms with Crippen LogP contribution in [-0.2, 0) is 4.74 Å². The van der Waals surface area contributed by atoms with E-state index in [9.17, 15) is 0 Å². The Kier molecular flexibility index (Phi) is 4.84. The summed E-state index contributed by atoms with van der Waals surface area (Å²) < 4.78 is 5.36. The first-order chi connectivity index (χ1) is 8.25. The summed E-state index contributed by atoms with van der Waals surface area (Å²) in [7, 11) is 0. The molecule has 1 aliphatic rings. The molecular formula is C14H20ClNO. The summed E-state index contributed by atoms with van der Waals surface area (Å²) in [6, 6.07) is 8.42. The van der Waals surface area contributed by atoms with E-state index in [2.05, 4.69) is 18.3 Å². The highest BCUT2D eigenvalue weighted by atomic mass is 35.5. The molecule has 1 aliphatic heterocycles. The summed E-state index contributed by atoms with van der Waals surface area (Å²) in [5.74, 6) is 0.755. The zero-order valence-corrected chi connectivity index (χ0v) is 11.0. The van der Waals surface area contributed by atoms with Crippen LogP contribution >= 0.6 is 11.6 Å². The molecule has 1 saturated heterocycles. The smallest absolute Gasteiger partial charge is 0.0469 e. The van der Waals surface area contributed by atoms with E-state index in [1.807, 2.05) is 18.2 Å². The topological polar surface area (TPSA) is 21.3 Å². The molecule has 94 valence electrons. The van der Waals surface area contributed by atoms with Gasteiger partial charge in [0.1, 0.15) is 0 Å². The van der Waals surface area contributed by atoms with Crippen molar-refractivity contribution in [1.29, 1.82) is 0 Å². The minimum absolute atomic E-state index is 0.358. The Morgan fingerprint density at radius 2 is 2.18 bits per heavy atom. The van der Waals surface area contributed by atoms with Gasteiger partial charge in [-0.25, -0.2) is 0 Å². The second-order valence-corrected chi connectivity index (χ2v) is 5.18. The lowest BCUT2D eigenvalue weighted by Crippen LogP contribution is -2.29. The van der Waals surface area contributed by atoms with E-state index in [4.69, 9.17) is 16.3 Å². The Morgan fingerprint density at radius 3 is 2.88 bits per heavy atom. The lowest BCUT2D eigenvalue weighted by Gasteiger charge is -2.24. The first-order valence-corrected chi connectivity index (χ1v) is 6.70. The summed E-state index contributed by atoms with van der Waals surface area (Å²) in [5, 5.41) is 4.39. The quantitative estimate of drug-likeness (QED) is 0.888. The van der Waals surface area contributed by atoms with E-state index < -0.39 is 0 Å². The minimum Gasteiger partial charge on any atom is -0.381 e. The van der Waals surface area contributed by atoms with Crippen LogP contribution in [0.5, 0.6) is 0 Å². The summed E-state index contributed by atoms with van der Waals surface area (Å²) in [6.45, 7) is 5.08. The van der Waals surface area contributed by atoms with E-state index in [0.29, 0.717) is 6.04 Å². The maximum absolute atomic E-state index is 5.99. The number of ether oxygens (including phenoxy) is 1. The SMILES string of the molecule is CC(NCC1CCOCC1)c1cccc(Cl)c1. The predicted molar refractivity (Wildman–Crippen MR) is 71.4 cm³/mol. The van der Waals surface area contributed by atoms with Gasteiger partial charge in [-0.1, -0.05) is 23.7 Å². The molecule has 1 unspecified atom stereocenters. The van der Waals surface area contributed by atoms with Gasteiger partial charge in [0.2, 0.25) is 0 Å². The van der Waals surface area contributed by atoms with E-state index >= 15 is 0 Å². The highest BCUT2D eigenvalue weighted by molar-refractivity contribution is 6.30. The van der Waals surface area contributed by atoms with Gasteiger partial charge in [-0.15, -0.1) is 0 Å². The molecule has 0 amide bonds. The molecule has 1 fully saturated rings. The van der Waals surface area contributed by atoms with Crippen molar-refractivity contribution in [3.8, 4) is 0 Å². The van der Waals surface area contributed by atoms with Gasteiger partial charge in [0.15, 0.2) is 0 Å². The largest absolute Gasteiger partial charge is 0.381 e. The Balaban J connectivity index is 1.82. The number of hydrogen-bond donors (Lipinski definition) is 1. The molecular weight excluding hydrogens is 234 g/mol. The van der Waals surface area contributed by atoms with Crippen molar-refractivity contribution in [2.24, 2.45) is 5.92 Å². The third-order valence-electron chi connectivity index (χ3n) is 3.40. The van der Waals surface area contributed by atoms with Crippen LogP contribution < -0.4 is 5.32 Å². The molecule has 1 heterocycles. The summed E-state index contributed by atoms with van der Waals surface area (Å²) in [6.07, 6.45) is 2.35. The van der Waals surface area contributed by atoms with E-state index in [-0.39, 0.29) is 0 Å². The van der Waals surface area contributed by atoms with Crippen LogP contribution in [0.4, 0.5) is 0 Å². The van der Waals surface area contributed by atoms with Crippen LogP contribution in [0.1, 0.15) is 31.4 Å². The molecule has 1 aromatic carbocycles. The fourth-order valence-corrected chi connectivity index (χ4v) is 2.39. The van der Waals surface area contributed by atoms with E-state index in [0.717, 1.165) is 30.7 Å². The second kappa shape index (κ2) is 6.39. The molecule has 0 saturated carbocycles. The number of hydrogen-bond acceptors (Lipinski definition) is 2. The standard InChI is InChI=1S/C14H20ClNO/c1-11(13-3-2-4-14(15)9-13)16-10-12-5-7-17-8-6-12/h2-4,9,11-12,16H,5-8,10H2,1H3. The second-order valence-electron chi connectivity index (χ2n) is 4.74.